The van der Waals surface area contributed by atoms with Crippen LogP contribution in [0.25, 0.3) is 27.3 Å². The topological polar surface area (TPSA) is 114 Å². The van der Waals surface area contributed by atoms with E-state index >= 15 is 0 Å². The van der Waals surface area contributed by atoms with E-state index in [1.807, 2.05) is 43.6 Å². The van der Waals surface area contributed by atoms with Crippen LogP contribution in [0.5, 0.6) is 0 Å². The third kappa shape index (κ3) is 3.72. The van der Waals surface area contributed by atoms with Crippen molar-refractivity contribution >= 4 is 22.9 Å². The SMILES string of the molecule is CC[C@H](NC(=O)c1cc(-c2c(C)noc2C)c2ncc(-c3ccc(C)s3)n2c1)c1ncn[nH]1. The van der Waals surface area contributed by atoms with Gasteiger partial charge in [0.25, 0.3) is 5.91 Å². The first kappa shape index (κ1) is 21.1. The lowest BCUT2D eigenvalue weighted by Crippen LogP contribution is -2.29. The number of aromatic nitrogens is 6. The predicted molar refractivity (Wildman–Crippen MR) is 125 cm³/mol. The number of aromatic amines is 1. The number of fused-ring (bicyclic) bond motifs is 1. The second-order valence-electron chi connectivity index (χ2n) is 7.89. The van der Waals surface area contributed by atoms with Gasteiger partial charge in [-0.05, 0) is 45.4 Å². The fourth-order valence-electron chi connectivity index (χ4n) is 4.01. The lowest BCUT2D eigenvalue weighted by atomic mass is 10.0. The Balaban J connectivity index is 1.66. The average Bonchev–Trinajstić information content (AvgIpc) is 3.59. The Bertz CT molecular complexity index is 1430. The molecule has 168 valence electrons. The Morgan fingerprint density at radius 1 is 1.27 bits per heavy atom. The number of carbonyl (C=O) groups excluding carboxylic acids is 1. The maximum Gasteiger partial charge on any atom is 0.253 e. The summed E-state index contributed by atoms with van der Waals surface area (Å²) < 4.78 is 7.39. The minimum Gasteiger partial charge on any atom is -0.361 e. The van der Waals surface area contributed by atoms with Gasteiger partial charge < -0.3 is 9.84 Å². The van der Waals surface area contributed by atoms with Crippen LogP contribution in [0.3, 0.4) is 0 Å². The number of pyridine rings is 1. The Labute approximate surface area is 193 Å². The van der Waals surface area contributed by atoms with Crippen molar-refractivity contribution < 1.29 is 9.32 Å². The molecule has 0 aromatic carbocycles. The fraction of sp³-hybridized carbons (Fsp3) is 0.261. The summed E-state index contributed by atoms with van der Waals surface area (Å²) in [5.74, 6) is 1.09. The molecule has 5 aromatic heterocycles. The van der Waals surface area contributed by atoms with E-state index in [0.29, 0.717) is 23.6 Å². The number of thiophene rings is 1. The summed E-state index contributed by atoms with van der Waals surface area (Å²) in [5.41, 5.74) is 4.56. The third-order valence-electron chi connectivity index (χ3n) is 5.64. The van der Waals surface area contributed by atoms with Gasteiger partial charge in [-0.25, -0.2) is 9.97 Å². The molecule has 0 unspecified atom stereocenters. The van der Waals surface area contributed by atoms with Gasteiger partial charge in [0.2, 0.25) is 0 Å². The Kier molecular flexibility index (Phi) is 5.29. The van der Waals surface area contributed by atoms with Crippen LogP contribution < -0.4 is 5.32 Å². The van der Waals surface area contributed by atoms with Gasteiger partial charge in [-0.2, -0.15) is 5.10 Å². The number of nitrogens with one attached hydrogen (secondary N) is 2. The average molecular weight is 462 g/mol. The highest BCUT2D eigenvalue weighted by Crippen LogP contribution is 2.35. The number of H-pyrrole nitrogens is 1. The van der Waals surface area contributed by atoms with Gasteiger partial charge in [-0.15, -0.1) is 11.3 Å². The summed E-state index contributed by atoms with van der Waals surface area (Å²) in [7, 11) is 0. The number of hydrogen-bond donors (Lipinski definition) is 2. The lowest BCUT2D eigenvalue weighted by Gasteiger charge is -2.15. The van der Waals surface area contributed by atoms with Crippen molar-refractivity contribution in [3.05, 3.63) is 64.6 Å². The van der Waals surface area contributed by atoms with Gasteiger partial charge in [0.15, 0.2) is 0 Å². The Morgan fingerprint density at radius 2 is 2.12 bits per heavy atom. The molecule has 5 heterocycles. The molecular weight excluding hydrogens is 438 g/mol. The highest BCUT2D eigenvalue weighted by atomic mass is 32.1. The molecule has 0 saturated heterocycles. The number of imidazole rings is 1. The van der Waals surface area contributed by atoms with Crippen molar-refractivity contribution in [3.8, 4) is 21.7 Å². The number of amides is 1. The maximum absolute atomic E-state index is 13.4. The molecule has 1 atom stereocenters. The van der Waals surface area contributed by atoms with E-state index < -0.39 is 0 Å². The molecule has 2 N–H and O–H groups in total. The highest BCUT2D eigenvalue weighted by Gasteiger charge is 2.23. The van der Waals surface area contributed by atoms with E-state index in [1.165, 1.54) is 11.2 Å². The Hall–Kier alpha value is -3.79. The van der Waals surface area contributed by atoms with E-state index in [-0.39, 0.29) is 11.9 Å². The third-order valence-corrected chi connectivity index (χ3v) is 6.66. The van der Waals surface area contributed by atoms with Crippen LogP contribution in [0.2, 0.25) is 0 Å². The molecule has 1 amide bonds. The van der Waals surface area contributed by atoms with Crippen molar-refractivity contribution in [2.45, 2.75) is 40.2 Å². The standard InChI is InChI=1S/C23H23N7O2S/c1-5-17(21-25-11-26-28-21)27-23(31)15-8-16(20-13(3)29-32-14(20)4)22-24-9-18(30(22)10-15)19-7-6-12(2)33-19/h6-11,17H,5H2,1-4H3,(H,27,31)(H,25,26,28)/t17-/m0/s1. The molecule has 5 aromatic rings. The molecule has 33 heavy (non-hydrogen) atoms. The predicted octanol–water partition coefficient (Wildman–Crippen LogP) is 4.64. The number of carbonyl (C=O) groups is 1. The summed E-state index contributed by atoms with van der Waals surface area (Å²) in [5, 5.41) is 13.9. The first-order chi connectivity index (χ1) is 16.0. The van der Waals surface area contributed by atoms with Gasteiger partial charge in [0, 0.05) is 16.6 Å². The summed E-state index contributed by atoms with van der Waals surface area (Å²) in [4.78, 5) is 24.6. The molecule has 0 aliphatic heterocycles. The molecule has 0 fully saturated rings. The molecule has 0 aliphatic carbocycles. The second kappa shape index (κ2) is 8.28. The summed E-state index contributed by atoms with van der Waals surface area (Å²) in [6.07, 6.45) is 5.78. The largest absolute Gasteiger partial charge is 0.361 e. The van der Waals surface area contributed by atoms with Crippen LogP contribution in [0.4, 0.5) is 0 Å². The molecule has 10 heteroatoms. The van der Waals surface area contributed by atoms with Crippen LogP contribution in [0, 0.1) is 20.8 Å². The second-order valence-corrected chi connectivity index (χ2v) is 9.18. The maximum atomic E-state index is 13.4. The smallest absolute Gasteiger partial charge is 0.253 e. The van der Waals surface area contributed by atoms with E-state index in [1.54, 1.807) is 11.3 Å². The first-order valence-electron chi connectivity index (χ1n) is 10.6. The number of rotatable bonds is 6. The minimum atomic E-state index is -0.277. The molecule has 5 rings (SSSR count). The normalized spacial score (nSPS) is 12.4. The fourth-order valence-corrected chi connectivity index (χ4v) is 4.88. The molecule has 0 spiro atoms. The van der Waals surface area contributed by atoms with Crippen molar-refractivity contribution in [1.29, 1.82) is 0 Å². The molecule has 0 bridgehead atoms. The summed E-state index contributed by atoms with van der Waals surface area (Å²) >= 11 is 1.69. The monoisotopic (exact) mass is 461 g/mol. The van der Waals surface area contributed by atoms with Crippen molar-refractivity contribution in [2.24, 2.45) is 0 Å². The molecule has 9 nitrogen and oxygen atoms in total. The van der Waals surface area contributed by atoms with Gasteiger partial charge in [0.1, 0.15) is 23.6 Å². The van der Waals surface area contributed by atoms with E-state index in [2.05, 4.69) is 44.7 Å². The number of nitrogens with zero attached hydrogens (tertiary/aromatic N) is 5. The minimum absolute atomic E-state index is 0.213. The van der Waals surface area contributed by atoms with Crippen molar-refractivity contribution in [2.75, 3.05) is 0 Å². The Morgan fingerprint density at radius 3 is 2.76 bits per heavy atom. The van der Waals surface area contributed by atoms with Crippen LogP contribution >= 0.6 is 11.3 Å². The highest BCUT2D eigenvalue weighted by molar-refractivity contribution is 7.15. The van der Waals surface area contributed by atoms with E-state index in [0.717, 1.165) is 33.0 Å². The van der Waals surface area contributed by atoms with Crippen LogP contribution in [-0.2, 0) is 0 Å². The van der Waals surface area contributed by atoms with Gasteiger partial charge in [-0.3, -0.25) is 14.3 Å². The molecule has 0 aliphatic rings. The number of aryl methyl sites for hydroxylation is 3. The van der Waals surface area contributed by atoms with Crippen molar-refractivity contribution in [1.82, 2.24) is 35.0 Å². The number of hydrogen-bond acceptors (Lipinski definition) is 7. The zero-order valence-electron chi connectivity index (χ0n) is 18.7. The lowest BCUT2D eigenvalue weighted by molar-refractivity contribution is 0.0933. The molecule has 0 saturated carbocycles. The quantitative estimate of drug-likeness (QED) is 0.381. The summed E-state index contributed by atoms with van der Waals surface area (Å²) in [6.45, 7) is 7.81. The van der Waals surface area contributed by atoms with Gasteiger partial charge in [0.05, 0.1) is 39.6 Å². The van der Waals surface area contributed by atoms with Crippen molar-refractivity contribution in [3.63, 3.8) is 0 Å². The molecular formula is C23H23N7O2S. The molecule has 0 radical (unpaired) electrons. The summed E-state index contributed by atoms with van der Waals surface area (Å²) in [6, 6.07) is 5.72. The van der Waals surface area contributed by atoms with E-state index in [9.17, 15) is 4.79 Å². The van der Waals surface area contributed by atoms with Crippen LogP contribution in [-0.4, -0.2) is 35.6 Å². The van der Waals surface area contributed by atoms with E-state index in [4.69, 9.17) is 9.51 Å². The zero-order chi connectivity index (χ0) is 23.1. The van der Waals surface area contributed by atoms with Gasteiger partial charge in [-0.1, -0.05) is 12.1 Å². The zero-order valence-corrected chi connectivity index (χ0v) is 19.5. The first-order valence-corrected chi connectivity index (χ1v) is 11.4. The van der Waals surface area contributed by atoms with Crippen LogP contribution in [0.15, 0.2) is 41.4 Å². The van der Waals surface area contributed by atoms with Gasteiger partial charge >= 0.3 is 0 Å². The van der Waals surface area contributed by atoms with Crippen LogP contribution in [0.1, 0.15) is 51.9 Å².